The molecule has 0 spiro atoms. The summed E-state index contributed by atoms with van der Waals surface area (Å²) in [7, 11) is 1.27. The standard InChI is InChI=1S/C22H31Cl2NO5/c1-3-4-8-11-30-20-16(23)13-15(19(26)18(20)24)21(27)25-17(22(28)29-2)12-14-9-6-5-7-10-14/h5-7,9-10,15-20,26H,3-4,8,11-13H2,1-2H3,(H,25,27)/t15?,16?,17-,18?,19?,20?/m0/s1. The SMILES string of the molecule is CCCCCOC1C(Cl)CC(C(=O)N[C@@H](Cc2ccccc2)C(=O)OC)C(O)C1Cl. The molecule has 8 heteroatoms. The third kappa shape index (κ3) is 6.84. The van der Waals surface area contributed by atoms with E-state index in [1.807, 2.05) is 30.3 Å². The van der Waals surface area contributed by atoms with Gasteiger partial charge in [0.15, 0.2) is 0 Å². The van der Waals surface area contributed by atoms with Crippen molar-refractivity contribution in [3.05, 3.63) is 35.9 Å². The van der Waals surface area contributed by atoms with Crippen molar-refractivity contribution in [1.82, 2.24) is 5.32 Å². The maximum absolute atomic E-state index is 12.9. The minimum Gasteiger partial charge on any atom is -0.467 e. The lowest BCUT2D eigenvalue weighted by Crippen LogP contribution is -2.56. The number of hydrogen-bond donors (Lipinski definition) is 2. The number of aliphatic hydroxyl groups is 1. The molecule has 168 valence electrons. The summed E-state index contributed by atoms with van der Waals surface area (Å²) >= 11 is 12.9. The van der Waals surface area contributed by atoms with Crippen LogP contribution in [0.5, 0.6) is 0 Å². The third-order valence-corrected chi connectivity index (χ3v) is 6.30. The quantitative estimate of drug-likeness (QED) is 0.319. The van der Waals surface area contributed by atoms with Crippen LogP contribution in [-0.4, -0.2) is 59.7 Å². The van der Waals surface area contributed by atoms with Gasteiger partial charge in [-0.2, -0.15) is 0 Å². The van der Waals surface area contributed by atoms with Crippen LogP contribution >= 0.6 is 23.2 Å². The summed E-state index contributed by atoms with van der Waals surface area (Å²) in [5.74, 6) is -1.87. The van der Waals surface area contributed by atoms with E-state index in [1.165, 1.54) is 7.11 Å². The van der Waals surface area contributed by atoms with E-state index < -0.39 is 46.8 Å². The molecule has 1 aliphatic carbocycles. The Morgan fingerprint density at radius 1 is 1.23 bits per heavy atom. The number of ether oxygens (including phenoxy) is 2. The van der Waals surface area contributed by atoms with E-state index >= 15 is 0 Å². The topological polar surface area (TPSA) is 84.9 Å². The van der Waals surface area contributed by atoms with E-state index in [0.29, 0.717) is 6.61 Å². The number of methoxy groups -OCH3 is 1. The molecule has 0 bridgehead atoms. The van der Waals surface area contributed by atoms with Crippen molar-refractivity contribution in [1.29, 1.82) is 0 Å². The Balaban J connectivity index is 2.01. The summed E-state index contributed by atoms with van der Waals surface area (Å²) in [5.41, 5.74) is 0.878. The van der Waals surface area contributed by atoms with Gasteiger partial charge in [-0.3, -0.25) is 4.79 Å². The molecule has 0 radical (unpaired) electrons. The summed E-state index contributed by atoms with van der Waals surface area (Å²) in [6, 6.07) is 8.43. The van der Waals surface area contributed by atoms with Gasteiger partial charge in [-0.05, 0) is 18.4 Å². The van der Waals surface area contributed by atoms with E-state index in [2.05, 4.69) is 12.2 Å². The molecule has 0 heterocycles. The number of amides is 1. The minimum absolute atomic E-state index is 0.204. The maximum atomic E-state index is 12.9. The largest absolute Gasteiger partial charge is 0.467 e. The second kappa shape index (κ2) is 12.5. The van der Waals surface area contributed by atoms with Gasteiger partial charge in [0.25, 0.3) is 0 Å². The molecule has 1 aromatic rings. The lowest BCUT2D eigenvalue weighted by Gasteiger charge is -2.39. The number of esters is 1. The second-order valence-corrected chi connectivity index (χ2v) is 8.67. The first-order valence-corrected chi connectivity index (χ1v) is 11.3. The summed E-state index contributed by atoms with van der Waals surface area (Å²) in [6.07, 6.45) is 1.81. The minimum atomic E-state index is -1.13. The Labute approximate surface area is 188 Å². The van der Waals surface area contributed by atoms with Gasteiger partial charge in [0.1, 0.15) is 6.04 Å². The maximum Gasteiger partial charge on any atom is 0.328 e. The fourth-order valence-corrected chi connectivity index (χ4v) is 4.55. The summed E-state index contributed by atoms with van der Waals surface area (Å²) < 4.78 is 10.6. The summed E-state index contributed by atoms with van der Waals surface area (Å²) in [6.45, 7) is 2.61. The first-order chi connectivity index (χ1) is 14.4. The Hall–Kier alpha value is -1.34. The van der Waals surface area contributed by atoms with Crippen LogP contribution < -0.4 is 5.32 Å². The molecule has 5 unspecified atom stereocenters. The Bertz CT molecular complexity index is 675. The van der Waals surface area contributed by atoms with E-state index in [4.69, 9.17) is 32.7 Å². The van der Waals surface area contributed by atoms with E-state index in [9.17, 15) is 14.7 Å². The van der Waals surface area contributed by atoms with Gasteiger partial charge in [-0.25, -0.2) is 4.79 Å². The highest BCUT2D eigenvalue weighted by atomic mass is 35.5. The third-order valence-electron chi connectivity index (χ3n) is 5.37. The van der Waals surface area contributed by atoms with Crippen molar-refractivity contribution >= 4 is 35.1 Å². The molecular formula is C22H31Cl2NO5. The molecule has 1 aromatic carbocycles. The van der Waals surface area contributed by atoms with Crippen molar-refractivity contribution in [3.63, 3.8) is 0 Å². The molecule has 1 aliphatic rings. The van der Waals surface area contributed by atoms with Crippen LogP contribution in [0, 0.1) is 5.92 Å². The smallest absolute Gasteiger partial charge is 0.328 e. The zero-order valence-electron chi connectivity index (χ0n) is 17.4. The predicted octanol–water partition coefficient (Wildman–Crippen LogP) is 3.06. The van der Waals surface area contributed by atoms with Crippen LogP contribution in [-0.2, 0) is 25.5 Å². The average molecular weight is 460 g/mol. The number of nitrogens with one attached hydrogen (secondary N) is 1. The second-order valence-electron chi connectivity index (χ2n) is 7.61. The Morgan fingerprint density at radius 2 is 1.93 bits per heavy atom. The molecule has 0 aliphatic heterocycles. The summed E-state index contributed by atoms with van der Waals surface area (Å²) in [5, 5.41) is 12.0. The van der Waals surface area contributed by atoms with Crippen LogP contribution in [0.4, 0.5) is 0 Å². The molecule has 1 saturated carbocycles. The predicted molar refractivity (Wildman–Crippen MR) is 117 cm³/mol. The zero-order chi connectivity index (χ0) is 22.1. The zero-order valence-corrected chi connectivity index (χ0v) is 18.9. The van der Waals surface area contributed by atoms with Crippen LogP contribution in [0.25, 0.3) is 0 Å². The number of unbranched alkanes of at least 4 members (excludes halogenated alkanes) is 2. The van der Waals surface area contributed by atoms with Crippen molar-refractivity contribution in [2.24, 2.45) is 5.92 Å². The van der Waals surface area contributed by atoms with E-state index in [-0.39, 0.29) is 12.8 Å². The first kappa shape index (κ1) is 24.9. The van der Waals surface area contributed by atoms with Gasteiger partial charge < -0.3 is 19.9 Å². The van der Waals surface area contributed by atoms with Crippen LogP contribution in [0.1, 0.15) is 38.2 Å². The van der Waals surface area contributed by atoms with Gasteiger partial charge in [-0.15, -0.1) is 23.2 Å². The lowest BCUT2D eigenvalue weighted by atomic mass is 9.83. The van der Waals surface area contributed by atoms with Crippen LogP contribution in [0.15, 0.2) is 30.3 Å². The Morgan fingerprint density at radius 3 is 2.57 bits per heavy atom. The molecule has 6 atom stereocenters. The molecule has 30 heavy (non-hydrogen) atoms. The van der Waals surface area contributed by atoms with Crippen LogP contribution in [0.3, 0.4) is 0 Å². The fourth-order valence-electron chi connectivity index (χ4n) is 3.63. The number of rotatable bonds is 10. The van der Waals surface area contributed by atoms with Gasteiger partial charge >= 0.3 is 5.97 Å². The number of aliphatic hydroxyl groups excluding tert-OH is 1. The number of carbonyl (C=O) groups excluding carboxylic acids is 2. The van der Waals surface area contributed by atoms with Gasteiger partial charge in [-0.1, -0.05) is 50.1 Å². The van der Waals surface area contributed by atoms with Gasteiger partial charge in [0, 0.05) is 13.0 Å². The van der Waals surface area contributed by atoms with Crippen molar-refractivity contribution in [2.45, 2.75) is 68.0 Å². The lowest BCUT2D eigenvalue weighted by molar-refractivity contribution is -0.147. The number of alkyl halides is 2. The molecule has 0 aromatic heterocycles. The highest BCUT2D eigenvalue weighted by Crippen LogP contribution is 2.34. The first-order valence-electron chi connectivity index (χ1n) is 10.4. The molecule has 0 saturated heterocycles. The van der Waals surface area contributed by atoms with E-state index in [0.717, 1.165) is 24.8 Å². The molecule has 2 rings (SSSR count). The molecule has 2 N–H and O–H groups in total. The Kier molecular flexibility index (Phi) is 10.4. The average Bonchev–Trinajstić information content (AvgIpc) is 2.75. The monoisotopic (exact) mass is 459 g/mol. The number of halogens is 2. The molecule has 6 nitrogen and oxygen atoms in total. The highest BCUT2D eigenvalue weighted by Gasteiger charge is 2.46. The van der Waals surface area contributed by atoms with Crippen molar-refractivity contribution < 1.29 is 24.2 Å². The molecule has 1 fully saturated rings. The van der Waals surface area contributed by atoms with Crippen LogP contribution in [0.2, 0.25) is 0 Å². The van der Waals surface area contributed by atoms with Gasteiger partial charge in [0.2, 0.25) is 5.91 Å². The van der Waals surface area contributed by atoms with Crippen molar-refractivity contribution in [2.75, 3.05) is 13.7 Å². The number of carbonyl (C=O) groups is 2. The number of hydrogen-bond acceptors (Lipinski definition) is 5. The van der Waals surface area contributed by atoms with Crippen molar-refractivity contribution in [3.8, 4) is 0 Å². The molecular weight excluding hydrogens is 429 g/mol. The fraction of sp³-hybridized carbons (Fsp3) is 0.636. The number of benzene rings is 1. The highest BCUT2D eigenvalue weighted by molar-refractivity contribution is 6.25. The van der Waals surface area contributed by atoms with E-state index in [1.54, 1.807) is 0 Å². The summed E-state index contributed by atoms with van der Waals surface area (Å²) in [4.78, 5) is 25.1. The van der Waals surface area contributed by atoms with Gasteiger partial charge in [0.05, 0.1) is 36.0 Å². The normalized spacial score (nSPS) is 27.3. The molecule has 1 amide bonds.